The van der Waals surface area contributed by atoms with Crippen LogP contribution in [0, 0.1) is 0 Å². The van der Waals surface area contributed by atoms with Gasteiger partial charge in [0.05, 0.1) is 5.69 Å². The van der Waals surface area contributed by atoms with Gasteiger partial charge in [-0.1, -0.05) is 11.6 Å². The number of ketones is 1. The minimum atomic E-state index is 0. The SMILES string of the molecule is Cl.Cn1cccc1C(=O)c1ccc(Cl)cc1.O.O=Cc1cccnc1. The zero-order chi connectivity index (χ0) is 16.7. The first-order valence-corrected chi connectivity index (χ1v) is 7.26. The third-order valence-corrected chi connectivity index (χ3v) is 3.36. The summed E-state index contributed by atoms with van der Waals surface area (Å²) in [6, 6.07) is 14.0. The molecule has 0 radical (unpaired) electrons. The smallest absolute Gasteiger partial charge is 0.209 e. The van der Waals surface area contributed by atoms with Crippen molar-refractivity contribution >= 4 is 36.1 Å². The Hall–Kier alpha value is -2.47. The summed E-state index contributed by atoms with van der Waals surface area (Å²) in [6.07, 6.45) is 5.77. The van der Waals surface area contributed by atoms with Gasteiger partial charge in [0.15, 0.2) is 6.29 Å². The Morgan fingerprint density at radius 3 is 2.24 bits per heavy atom. The molecule has 0 bridgehead atoms. The summed E-state index contributed by atoms with van der Waals surface area (Å²) >= 11 is 5.76. The van der Waals surface area contributed by atoms with Crippen LogP contribution < -0.4 is 0 Å². The van der Waals surface area contributed by atoms with E-state index in [1.807, 2.05) is 19.3 Å². The molecular weight excluding hydrogens is 363 g/mol. The normalized spacial score (nSPS) is 8.88. The molecule has 1 aromatic carbocycles. The molecule has 5 nitrogen and oxygen atoms in total. The molecule has 0 aliphatic carbocycles. The number of rotatable bonds is 3. The fourth-order valence-corrected chi connectivity index (χ4v) is 2.02. The average molecular weight is 381 g/mol. The Labute approximate surface area is 157 Å². The van der Waals surface area contributed by atoms with Gasteiger partial charge in [-0.3, -0.25) is 14.6 Å². The molecule has 7 heteroatoms. The maximum Gasteiger partial charge on any atom is 0.209 e. The third-order valence-electron chi connectivity index (χ3n) is 3.10. The van der Waals surface area contributed by atoms with Crippen LogP contribution in [0.2, 0.25) is 5.02 Å². The summed E-state index contributed by atoms with van der Waals surface area (Å²) in [5.74, 6) is 0.0131. The molecule has 0 saturated heterocycles. The maximum absolute atomic E-state index is 12.0. The summed E-state index contributed by atoms with van der Waals surface area (Å²) in [5, 5.41) is 0.637. The lowest BCUT2D eigenvalue weighted by Gasteiger charge is -2.02. The first-order chi connectivity index (χ1) is 11.1. The molecule has 3 rings (SSSR count). The Morgan fingerprint density at radius 2 is 1.80 bits per heavy atom. The predicted octanol–water partition coefficient (Wildman–Crippen LogP) is 3.40. The summed E-state index contributed by atoms with van der Waals surface area (Å²) in [7, 11) is 1.85. The highest BCUT2D eigenvalue weighted by atomic mass is 35.5. The lowest BCUT2D eigenvalue weighted by Crippen LogP contribution is -2.06. The van der Waals surface area contributed by atoms with Gasteiger partial charge in [-0.25, -0.2) is 0 Å². The number of halogens is 2. The standard InChI is InChI=1S/C12H10ClNO.C6H5NO.ClH.H2O/c1-14-8-2-3-11(14)12(15)9-4-6-10(13)7-5-9;8-5-6-2-1-3-7-4-6;;/h2-8H,1H3;1-5H;1H;1H2. The quantitative estimate of drug-likeness (QED) is 0.515. The molecule has 2 heterocycles. The number of carbonyl (C=O) groups is 2. The van der Waals surface area contributed by atoms with Gasteiger partial charge in [-0.2, -0.15) is 0 Å². The van der Waals surface area contributed by atoms with Crippen LogP contribution in [-0.2, 0) is 7.05 Å². The number of aryl methyl sites for hydroxylation is 1. The number of benzene rings is 1. The van der Waals surface area contributed by atoms with Crippen molar-refractivity contribution in [3.05, 3.63) is 89.0 Å². The summed E-state index contributed by atoms with van der Waals surface area (Å²) in [4.78, 5) is 25.7. The van der Waals surface area contributed by atoms with Gasteiger partial charge in [-0.15, -0.1) is 12.4 Å². The highest BCUT2D eigenvalue weighted by Crippen LogP contribution is 2.13. The van der Waals surface area contributed by atoms with Gasteiger partial charge in [0, 0.05) is 41.8 Å². The van der Waals surface area contributed by atoms with E-state index in [0.29, 0.717) is 21.8 Å². The second-order valence-electron chi connectivity index (χ2n) is 4.74. The topological polar surface area (TPSA) is 83.5 Å². The van der Waals surface area contributed by atoms with Crippen LogP contribution in [0.15, 0.2) is 67.1 Å². The number of pyridine rings is 1. The molecule has 0 unspecified atom stereocenters. The molecule has 0 aliphatic heterocycles. The molecule has 0 spiro atoms. The van der Waals surface area contributed by atoms with Crippen molar-refractivity contribution in [2.75, 3.05) is 0 Å². The van der Waals surface area contributed by atoms with Gasteiger partial charge in [0.2, 0.25) is 5.78 Å². The Morgan fingerprint density at radius 1 is 1.12 bits per heavy atom. The van der Waals surface area contributed by atoms with Crippen molar-refractivity contribution in [1.82, 2.24) is 9.55 Å². The van der Waals surface area contributed by atoms with E-state index in [1.54, 1.807) is 53.2 Å². The van der Waals surface area contributed by atoms with Gasteiger partial charge in [0.25, 0.3) is 0 Å². The molecular formula is C18H18Cl2N2O3. The van der Waals surface area contributed by atoms with Crippen LogP contribution in [0.25, 0.3) is 0 Å². The molecule has 0 saturated carbocycles. The summed E-state index contributed by atoms with van der Waals surface area (Å²) < 4.78 is 1.80. The molecule has 0 fully saturated rings. The lowest BCUT2D eigenvalue weighted by atomic mass is 10.1. The van der Waals surface area contributed by atoms with Gasteiger partial charge in [-0.05, 0) is 48.5 Å². The van der Waals surface area contributed by atoms with E-state index >= 15 is 0 Å². The highest BCUT2D eigenvalue weighted by molar-refractivity contribution is 6.30. The van der Waals surface area contributed by atoms with Crippen molar-refractivity contribution in [3.63, 3.8) is 0 Å². The van der Waals surface area contributed by atoms with Crippen LogP contribution in [0.1, 0.15) is 26.4 Å². The van der Waals surface area contributed by atoms with Crippen LogP contribution in [0.4, 0.5) is 0 Å². The van der Waals surface area contributed by atoms with Crippen LogP contribution in [0.5, 0.6) is 0 Å². The maximum atomic E-state index is 12.0. The number of aldehydes is 1. The van der Waals surface area contributed by atoms with Gasteiger partial charge in [0.1, 0.15) is 0 Å². The molecule has 25 heavy (non-hydrogen) atoms. The number of aromatic nitrogens is 2. The minimum absolute atomic E-state index is 0. The highest BCUT2D eigenvalue weighted by Gasteiger charge is 2.10. The minimum Gasteiger partial charge on any atom is -0.412 e. The molecule has 0 atom stereocenters. The van der Waals surface area contributed by atoms with Crippen LogP contribution >= 0.6 is 24.0 Å². The van der Waals surface area contributed by atoms with E-state index in [1.165, 1.54) is 6.20 Å². The third kappa shape index (κ3) is 6.51. The van der Waals surface area contributed by atoms with Crippen LogP contribution in [-0.4, -0.2) is 27.1 Å². The molecule has 3 aromatic rings. The average Bonchev–Trinajstić information content (AvgIpc) is 3.02. The number of carbonyl (C=O) groups excluding carboxylic acids is 2. The lowest BCUT2D eigenvalue weighted by molar-refractivity contribution is 0.103. The summed E-state index contributed by atoms with van der Waals surface area (Å²) in [6.45, 7) is 0. The van der Waals surface area contributed by atoms with E-state index in [4.69, 9.17) is 11.6 Å². The van der Waals surface area contributed by atoms with E-state index < -0.39 is 0 Å². The number of hydrogen-bond donors (Lipinski definition) is 0. The van der Waals surface area contributed by atoms with Crippen molar-refractivity contribution in [2.45, 2.75) is 0 Å². The summed E-state index contributed by atoms with van der Waals surface area (Å²) in [5.41, 5.74) is 1.95. The predicted molar refractivity (Wildman–Crippen MR) is 101 cm³/mol. The van der Waals surface area contributed by atoms with Crippen LogP contribution in [0.3, 0.4) is 0 Å². The number of nitrogens with zero attached hydrogens (tertiary/aromatic N) is 2. The number of hydrogen-bond acceptors (Lipinski definition) is 3. The zero-order valence-electron chi connectivity index (χ0n) is 13.4. The van der Waals surface area contributed by atoms with Gasteiger partial charge < -0.3 is 10.0 Å². The second-order valence-corrected chi connectivity index (χ2v) is 5.18. The van der Waals surface area contributed by atoms with E-state index in [-0.39, 0.29) is 23.7 Å². The molecule has 132 valence electrons. The molecule has 2 aromatic heterocycles. The van der Waals surface area contributed by atoms with E-state index in [9.17, 15) is 9.59 Å². The molecule has 2 N–H and O–H groups in total. The monoisotopic (exact) mass is 380 g/mol. The first kappa shape index (κ1) is 22.5. The Balaban J connectivity index is 0.000000497. The van der Waals surface area contributed by atoms with Crippen molar-refractivity contribution < 1.29 is 15.1 Å². The Bertz CT molecular complexity index is 788. The largest absolute Gasteiger partial charge is 0.412 e. The second kappa shape index (κ2) is 11.1. The molecule has 0 amide bonds. The first-order valence-electron chi connectivity index (χ1n) is 6.88. The fraction of sp³-hybridized carbons (Fsp3) is 0.0556. The van der Waals surface area contributed by atoms with Crippen molar-refractivity contribution in [2.24, 2.45) is 7.05 Å². The van der Waals surface area contributed by atoms with Crippen molar-refractivity contribution in [3.8, 4) is 0 Å². The zero-order valence-corrected chi connectivity index (χ0v) is 15.0. The molecule has 0 aliphatic rings. The van der Waals surface area contributed by atoms with Crippen molar-refractivity contribution in [1.29, 1.82) is 0 Å². The van der Waals surface area contributed by atoms with E-state index in [2.05, 4.69) is 4.98 Å². The Kier molecular flexibility index (Phi) is 10.0. The van der Waals surface area contributed by atoms with E-state index in [0.717, 1.165) is 6.29 Å². The van der Waals surface area contributed by atoms with Gasteiger partial charge >= 0.3 is 0 Å². The fourth-order valence-electron chi connectivity index (χ4n) is 1.89.